The number of rotatable bonds is 9. The summed E-state index contributed by atoms with van der Waals surface area (Å²) >= 11 is 0. The summed E-state index contributed by atoms with van der Waals surface area (Å²) in [6.07, 6.45) is 1.01. The zero-order chi connectivity index (χ0) is 11.7. The first-order valence-corrected chi connectivity index (χ1v) is 6.74. The molecule has 0 saturated heterocycles. The van der Waals surface area contributed by atoms with Crippen LogP contribution in [0, 0.1) is 5.92 Å². The van der Waals surface area contributed by atoms with E-state index in [4.69, 9.17) is 9.84 Å². The van der Waals surface area contributed by atoms with Gasteiger partial charge >= 0.3 is 0 Å². The number of aliphatic hydroxyl groups excluding tert-OH is 1. The van der Waals surface area contributed by atoms with Gasteiger partial charge < -0.3 is 9.84 Å². The van der Waals surface area contributed by atoms with Gasteiger partial charge in [-0.15, -0.1) is 0 Å². The van der Waals surface area contributed by atoms with Crippen LogP contribution in [0.2, 0.25) is 0 Å². The van der Waals surface area contributed by atoms with Gasteiger partial charge in [0.15, 0.2) is 0 Å². The number of nitrogens with one attached hydrogen (secondary N) is 1. The molecule has 0 fully saturated rings. The summed E-state index contributed by atoms with van der Waals surface area (Å²) in [6, 6.07) is 0. The van der Waals surface area contributed by atoms with E-state index in [0.717, 1.165) is 0 Å². The average Bonchev–Trinajstić information content (AvgIpc) is 2.16. The Morgan fingerprint density at radius 1 is 1.40 bits per heavy atom. The smallest absolute Gasteiger partial charge is 0.211 e. The lowest BCUT2D eigenvalue weighted by molar-refractivity contribution is 0.161. The molecule has 0 aliphatic carbocycles. The number of methoxy groups -OCH3 is 1. The lowest BCUT2D eigenvalue weighted by Crippen LogP contribution is -2.31. The minimum absolute atomic E-state index is 0.0373. The van der Waals surface area contributed by atoms with Crippen molar-refractivity contribution in [3.8, 4) is 0 Å². The summed E-state index contributed by atoms with van der Waals surface area (Å²) in [6.45, 7) is 2.89. The van der Waals surface area contributed by atoms with Crippen molar-refractivity contribution in [2.24, 2.45) is 5.92 Å². The summed E-state index contributed by atoms with van der Waals surface area (Å²) in [4.78, 5) is 0. The molecular formula is C9H21NO4S. The van der Waals surface area contributed by atoms with E-state index in [1.807, 2.05) is 6.92 Å². The maximum absolute atomic E-state index is 11.4. The number of hydrogen-bond acceptors (Lipinski definition) is 4. The Labute approximate surface area is 91.9 Å². The standard InChI is InChI=1S/C9H21NO4S/c1-9(8-14-2)7-10-15(12,13)6-4-3-5-11/h9-11H,3-8H2,1-2H3. The first kappa shape index (κ1) is 14.8. The van der Waals surface area contributed by atoms with Crippen molar-refractivity contribution in [3.63, 3.8) is 0 Å². The topological polar surface area (TPSA) is 75.6 Å². The molecule has 1 atom stereocenters. The molecular weight excluding hydrogens is 218 g/mol. The van der Waals surface area contributed by atoms with Crippen LogP contribution in [0.15, 0.2) is 0 Å². The van der Waals surface area contributed by atoms with E-state index in [0.29, 0.717) is 26.0 Å². The first-order valence-electron chi connectivity index (χ1n) is 5.09. The van der Waals surface area contributed by atoms with Crippen molar-refractivity contribution in [1.29, 1.82) is 0 Å². The molecule has 0 aliphatic rings. The fourth-order valence-electron chi connectivity index (χ4n) is 1.09. The fraction of sp³-hybridized carbons (Fsp3) is 1.00. The summed E-state index contributed by atoms with van der Waals surface area (Å²) in [7, 11) is -1.59. The predicted octanol–water partition coefficient (Wildman–Crippen LogP) is -0.0392. The van der Waals surface area contributed by atoms with Crippen molar-refractivity contribution in [3.05, 3.63) is 0 Å². The molecule has 0 aromatic carbocycles. The molecule has 0 aromatic rings. The van der Waals surface area contributed by atoms with Crippen LogP contribution in [-0.4, -0.2) is 46.1 Å². The number of ether oxygens (including phenoxy) is 1. The Hall–Kier alpha value is -0.170. The molecule has 0 radical (unpaired) electrons. The van der Waals surface area contributed by atoms with Gasteiger partial charge in [0.25, 0.3) is 0 Å². The van der Waals surface area contributed by atoms with E-state index < -0.39 is 10.0 Å². The van der Waals surface area contributed by atoms with Gasteiger partial charge in [0.1, 0.15) is 0 Å². The van der Waals surface area contributed by atoms with Crippen molar-refractivity contribution in [2.75, 3.05) is 32.6 Å². The van der Waals surface area contributed by atoms with E-state index in [2.05, 4.69) is 4.72 Å². The van der Waals surface area contributed by atoms with Crippen LogP contribution < -0.4 is 4.72 Å². The fourth-order valence-corrected chi connectivity index (χ4v) is 2.36. The Bertz CT molecular complexity index is 240. The van der Waals surface area contributed by atoms with E-state index in [-0.39, 0.29) is 18.3 Å². The second kappa shape index (κ2) is 8.04. The van der Waals surface area contributed by atoms with Crippen LogP contribution in [0.3, 0.4) is 0 Å². The minimum Gasteiger partial charge on any atom is -0.396 e. The summed E-state index contributed by atoms with van der Waals surface area (Å²) in [5, 5.41) is 8.52. The van der Waals surface area contributed by atoms with Crippen molar-refractivity contribution >= 4 is 10.0 Å². The normalized spacial score (nSPS) is 14.1. The van der Waals surface area contributed by atoms with Gasteiger partial charge in [-0.2, -0.15) is 0 Å². The Kier molecular flexibility index (Phi) is 7.95. The molecule has 5 nitrogen and oxygen atoms in total. The van der Waals surface area contributed by atoms with Gasteiger partial charge in [-0.1, -0.05) is 6.92 Å². The second-order valence-electron chi connectivity index (χ2n) is 3.66. The van der Waals surface area contributed by atoms with Gasteiger partial charge in [-0.3, -0.25) is 0 Å². The number of hydrogen-bond donors (Lipinski definition) is 2. The zero-order valence-electron chi connectivity index (χ0n) is 9.40. The molecule has 0 aliphatic heterocycles. The Morgan fingerprint density at radius 2 is 2.07 bits per heavy atom. The third kappa shape index (κ3) is 8.80. The van der Waals surface area contributed by atoms with Crippen LogP contribution in [-0.2, 0) is 14.8 Å². The molecule has 0 amide bonds. The number of aliphatic hydroxyl groups is 1. The molecule has 0 saturated carbocycles. The van der Waals surface area contributed by atoms with E-state index in [9.17, 15) is 8.42 Å². The molecule has 0 heterocycles. The maximum atomic E-state index is 11.4. The molecule has 2 N–H and O–H groups in total. The van der Waals surface area contributed by atoms with Crippen molar-refractivity contribution in [1.82, 2.24) is 4.72 Å². The number of unbranched alkanes of at least 4 members (excludes halogenated alkanes) is 1. The van der Waals surface area contributed by atoms with Gasteiger partial charge in [0.2, 0.25) is 10.0 Å². The third-order valence-corrected chi connectivity index (χ3v) is 3.36. The first-order chi connectivity index (χ1) is 7.02. The van der Waals surface area contributed by atoms with Gasteiger partial charge in [0, 0.05) is 26.9 Å². The summed E-state index contributed by atoms with van der Waals surface area (Å²) < 4.78 is 30.2. The lowest BCUT2D eigenvalue weighted by Gasteiger charge is -2.11. The van der Waals surface area contributed by atoms with Gasteiger partial charge in [-0.05, 0) is 18.8 Å². The SMILES string of the molecule is COCC(C)CNS(=O)(=O)CCCCO. The second-order valence-corrected chi connectivity index (χ2v) is 5.58. The van der Waals surface area contributed by atoms with E-state index >= 15 is 0 Å². The molecule has 92 valence electrons. The summed E-state index contributed by atoms with van der Waals surface area (Å²) in [5.41, 5.74) is 0. The molecule has 1 unspecified atom stereocenters. The molecule has 15 heavy (non-hydrogen) atoms. The van der Waals surface area contributed by atoms with Crippen LogP contribution in [0.25, 0.3) is 0 Å². The largest absolute Gasteiger partial charge is 0.396 e. The average molecular weight is 239 g/mol. The highest BCUT2D eigenvalue weighted by atomic mass is 32.2. The highest BCUT2D eigenvalue weighted by Crippen LogP contribution is 1.97. The van der Waals surface area contributed by atoms with Crippen LogP contribution >= 0.6 is 0 Å². The minimum atomic E-state index is -3.18. The van der Waals surface area contributed by atoms with Crippen LogP contribution in [0.4, 0.5) is 0 Å². The zero-order valence-corrected chi connectivity index (χ0v) is 10.2. The summed E-state index contributed by atoms with van der Waals surface area (Å²) in [5.74, 6) is 0.246. The number of sulfonamides is 1. The van der Waals surface area contributed by atoms with Gasteiger partial charge in [0.05, 0.1) is 5.75 Å². The quantitative estimate of drug-likeness (QED) is 0.554. The molecule has 0 spiro atoms. The Morgan fingerprint density at radius 3 is 2.60 bits per heavy atom. The highest BCUT2D eigenvalue weighted by molar-refractivity contribution is 7.89. The Balaban J connectivity index is 3.73. The van der Waals surface area contributed by atoms with Crippen molar-refractivity contribution < 1.29 is 18.3 Å². The molecule has 6 heteroatoms. The highest BCUT2D eigenvalue weighted by Gasteiger charge is 2.11. The third-order valence-electron chi connectivity index (χ3n) is 1.92. The monoisotopic (exact) mass is 239 g/mol. The van der Waals surface area contributed by atoms with Gasteiger partial charge in [-0.25, -0.2) is 13.1 Å². The molecule has 0 aromatic heterocycles. The van der Waals surface area contributed by atoms with E-state index in [1.165, 1.54) is 0 Å². The molecule has 0 bridgehead atoms. The van der Waals surface area contributed by atoms with Crippen LogP contribution in [0.1, 0.15) is 19.8 Å². The maximum Gasteiger partial charge on any atom is 0.211 e. The van der Waals surface area contributed by atoms with E-state index in [1.54, 1.807) is 7.11 Å². The predicted molar refractivity (Wildman–Crippen MR) is 59.1 cm³/mol. The van der Waals surface area contributed by atoms with Crippen LogP contribution in [0.5, 0.6) is 0 Å². The van der Waals surface area contributed by atoms with Crippen molar-refractivity contribution in [2.45, 2.75) is 19.8 Å². The molecule has 0 rings (SSSR count). The lowest BCUT2D eigenvalue weighted by atomic mass is 10.2.